The fourth-order valence-electron chi connectivity index (χ4n) is 0.743. The summed E-state index contributed by atoms with van der Waals surface area (Å²) in [4.78, 5) is 0. The summed E-state index contributed by atoms with van der Waals surface area (Å²) in [6, 6.07) is 7.48. The van der Waals surface area contributed by atoms with Crippen molar-refractivity contribution in [3.8, 4) is 11.3 Å². The van der Waals surface area contributed by atoms with E-state index in [0.29, 0.717) is 0 Å². The van der Waals surface area contributed by atoms with Crippen molar-refractivity contribution in [3.05, 3.63) is 40.9 Å². The molecule has 0 spiro atoms. The predicted octanol–water partition coefficient (Wildman–Crippen LogP) is 3.55. The van der Waals surface area contributed by atoms with Crippen molar-refractivity contribution < 1.29 is 0 Å². The second-order valence-corrected chi connectivity index (χ2v) is 2.75. The number of benzene rings is 1. The Balaban J connectivity index is 2.75. The van der Waals surface area contributed by atoms with Crippen LogP contribution in [0.1, 0.15) is 5.56 Å². The molecule has 0 aliphatic carbocycles. The van der Waals surface area contributed by atoms with Crippen molar-refractivity contribution in [3.63, 3.8) is 0 Å². The highest BCUT2D eigenvalue weighted by atomic mass is 35.5. The second-order valence-electron chi connectivity index (χ2n) is 2.12. The lowest BCUT2D eigenvalue weighted by Gasteiger charge is -1.90. The van der Waals surface area contributed by atoms with Gasteiger partial charge in [0.05, 0.1) is 0 Å². The highest BCUT2D eigenvalue weighted by molar-refractivity contribution is 6.30. The van der Waals surface area contributed by atoms with Crippen LogP contribution in [0.2, 0.25) is 5.02 Å². The Hall–Kier alpha value is -0.900. The maximum atomic E-state index is 5.70. The molecule has 0 heterocycles. The summed E-state index contributed by atoms with van der Waals surface area (Å²) in [5, 5.41) is 2.99. The van der Waals surface area contributed by atoms with Gasteiger partial charge >= 0.3 is 0 Å². The average Bonchev–Trinajstić information content (AvgIpc) is 2.09. The fraction of sp³-hybridized carbons (Fsp3) is 0. The van der Waals surface area contributed by atoms with E-state index in [1.54, 1.807) is 6.08 Å². The molecule has 0 fully saturated rings. The highest BCUT2D eigenvalue weighted by Gasteiger charge is 1.85. The van der Waals surface area contributed by atoms with Crippen LogP contribution in [-0.4, -0.2) is 0 Å². The van der Waals surface area contributed by atoms with Crippen LogP contribution < -0.4 is 0 Å². The zero-order valence-electron chi connectivity index (χ0n) is 6.22. The molecule has 0 bridgehead atoms. The van der Waals surface area contributed by atoms with E-state index in [0.717, 1.165) is 10.6 Å². The highest BCUT2D eigenvalue weighted by Crippen LogP contribution is 2.10. The first-order valence-corrected chi connectivity index (χ1v) is 4.12. The molecule has 0 aromatic heterocycles. The fourth-order valence-corrected chi connectivity index (χ4v) is 0.932. The van der Waals surface area contributed by atoms with E-state index in [1.165, 1.54) is 0 Å². The van der Waals surface area contributed by atoms with Gasteiger partial charge in [-0.15, -0.1) is 0 Å². The summed E-state index contributed by atoms with van der Waals surface area (Å²) in [5.41, 5.74) is 1.05. The molecular weight excluding hydrogens is 191 g/mol. The van der Waals surface area contributed by atoms with Gasteiger partial charge in [0.25, 0.3) is 0 Å². The van der Waals surface area contributed by atoms with E-state index in [-0.39, 0.29) is 0 Å². The molecule has 0 nitrogen and oxygen atoms in total. The van der Waals surface area contributed by atoms with Gasteiger partial charge in [-0.2, -0.15) is 0 Å². The Morgan fingerprint density at radius 2 is 1.83 bits per heavy atom. The number of halogens is 2. The minimum Gasteiger partial charge on any atom is -0.0843 e. The third-order valence-corrected chi connectivity index (χ3v) is 1.64. The number of hydrogen-bond donors (Lipinski definition) is 0. The van der Waals surface area contributed by atoms with Gasteiger partial charge in [0.2, 0.25) is 0 Å². The lowest BCUT2D eigenvalue weighted by molar-refractivity contribution is 1.66. The van der Waals surface area contributed by atoms with Crippen LogP contribution in [0.4, 0.5) is 0 Å². The molecule has 0 amide bonds. The Kier molecular flexibility index (Phi) is 3.73. The summed E-state index contributed by atoms with van der Waals surface area (Å²) >= 11 is 10.9. The minimum atomic E-state index is 0.732. The quantitative estimate of drug-likeness (QED) is 0.604. The van der Waals surface area contributed by atoms with Gasteiger partial charge in [-0.05, 0) is 41.4 Å². The van der Waals surface area contributed by atoms with Gasteiger partial charge in [0.15, 0.2) is 0 Å². The maximum Gasteiger partial charge on any atom is 0.0406 e. The maximum absolute atomic E-state index is 5.70. The van der Waals surface area contributed by atoms with E-state index in [2.05, 4.69) is 11.3 Å². The molecular formula is C10H6Cl2. The number of rotatable bonds is 1. The summed E-state index contributed by atoms with van der Waals surface area (Å²) in [5.74, 6) is 2.61. The molecule has 1 rings (SSSR count). The molecule has 0 atom stereocenters. The summed E-state index contributed by atoms with van der Waals surface area (Å²) in [6.45, 7) is 0. The Bertz CT molecular complexity index is 325. The summed E-state index contributed by atoms with van der Waals surface area (Å²) in [6.07, 6.45) is 3.56. The molecule has 0 saturated heterocycles. The first-order chi connectivity index (χ1) is 5.83. The minimum absolute atomic E-state index is 0.732. The van der Waals surface area contributed by atoms with E-state index < -0.39 is 0 Å². The van der Waals surface area contributed by atoms with Gasteiger partial charge in [-0.25, -0.2) is 0 Å². The van der Waals surface area contributed by atoms with Crippen molar-refractivity contribution >= 4 is 29.3 Å². The van der Waals surface area contributed by atoms with E-state index in [9.17, 15) is 0 Å². The van der Waals surface area contributed by atoms with Crippen LogP contribution in [0.25, 0.3) is 6.08 Å². The molecule has 0 unspecified atom stereocenters. The van der Waals surface area contributed by atoms with Crippen molar-refractivity contribution in [2.75, 3.05) is 0 Å². The van der Waals surface area contributed by atoms with Gasteiger partial charge in [-0.1, -0.05) is 29.7 Å². The van der Waals surface area contributed by atoms with Gasteiger partial charge in [-0.3, -0.25) is 0 Å². The SMILES string of the molecule is ClC#C/C=C\c1ccc(Cl)cc1. The van der Waals surface area contributed by atoms with Crippen molar-refractivity contribution in [2.24, 2.45) is 0 Å². The van der Waals surface area contributed by atoms with E-state index in [4.69, 9.17) is 23.2 Å². The largest absolute Gasteiger partial charge is 0.0843 e. The standard InChI is InChI=1S/C10H6Cl2/c11-8-2-1-3-9-4-6-10(12)7-5-9/h1,3-7H/b3-1-. The third kappa shape index (κ3) is 3.00. The molecule has 0 saturated carbocycles. The van der Waals surface area contributed by atoms with Crippen LogP contribution in [0.5, 0.6) is 0 Å². The zero-order chi connectivity index (χ0) is 8.81. The molecule has 2 heteroatoms. The average molecular weight is 197 g/mol. The van der Waals surface area contributed by atoms with Gasteiger partial charge in [0.1, 0.15) is 0 Å². The van der Waals surface area contributed by atoms with Crippen LogP contribution in [-0.2, 0) is 0 Å². The molecule has 0 radical (unpaired) electrons. The third-order valence-electron chi connectivity index (χ3n) is 1.28. The predicted molar refractivity (Wildman–Crippen MR) is 54.1 cm³/mol. The van der Waals surface area contributed by atoms with Crippen LogP contribution in [0, 0.1) is 11.3 Å². The molecule has 1 aromatic carbocycles. The Morgan fingerprint density at radius 3 is 2.42 bits per heavy atom. The molecule has 0 N–H and O–H groups in total. The summed E-state index contributed by atoms with van der Waals surface area (Å²) < 4.78 is 0. The van der Waals surface area contributed by atoms with Gasteiger partial charge in [0, 0.05) is 10.4 Å². The van der Waals surface area contributed by atoms with Crippen LogP contribution >= 0.6 is 23.2 Å². The number of hydrogen-bond acceptors (Lipinski definition) is 0. The second kappa shape index (κ2) is 4.87. The monoisotopic (exact) mass is 196 g/mol. The van der Waals surface area contributed by atoms with Crippen molar-refractivity contribution in [2.45, 2.75) is 0 Å². The molecule has 0 aliphatic rings. The lowest BCUT2D eigenvalue weighted by atomic mass is 10.2. The number of allylic oxidation sites excluding steroid dienone is 1. The normalized spacial score (nSPS) is 9.50. The lowest BCUT2D eigenvalue weighted by Crippen LogP contribution is -1.68. The van der Waals surface area contributed by atoms with E-state index >= 15 is 0 Å². The Labute approximate surface area is 81.8 Å². The first kappa shape index (κ1) is 9.19. The summed E-state index contributed by atoms with van der Waals surface area (Å²) in [7, 11) is 0. The molecule has 1 aromatic rings. The smallest absolute Gasteiger partial charge is 0.0406 e. The molecule has 60 valence electrons. The Morgan fingerprint density at radius 1 is 1.17 bits per heavy atom. The van der Waals surface area contributed by atoms with Crippen molar-refractivity contribution in [1.82, 2.24) is 0 Å². The van der Waals surface area contributed by atoms with Crippen molar-refractivity contribution in [1.29, 1.82) is 0 Å². The van der Waals surface area contributed by atoms with Crippen LogP contribution in [0.3, 0.4) is 0 Å². The van der Waals surface area contributed by atoms with Crippen LogP contribution in [0.15, 0.2) is 30.3 Å². The van der Waals surface area contributed by atoms with Gasteiger partial charge < -0.3 is 0 Å². The molecule has 12 heavy (non-hydrogen) atoms. The zero-order valence-corrected chi connectivity index (χ0v) is 7.73. The topological polar surface area (TPSA) is 0 Å². The van der Waals surface area contributed by atoms with E-state index in [1.807, 2.05) is 30.3 Å². The molecule has 0 aliphatic heterocycles. The first-order valence-electron chi connectivity index (χ1n) is 3.36.